The number of nitrogens with zero attached hydrogens (tertiary/aromatic N) is 1. The van der Waals surface area contributed by atoms with E-state index in [4.69, 9.17) is 18.9 Å². The van der Waals surface area contributed by atoms with Crippen molar-refractivity contribution in [2.75, 3.05) is 34.4 Å². The summed E-state index contributed by atoms with van der Waals surface area (Å²) >= 11 is 0. The Bertz CT molecular complexity index is 1110. The fraction of sp³-hybridized carbons (Fsp3) is 0.500. The van der Waals surface area contributed by atoms with Crippen molar-refractivity contribution in [2.45, 2.75) is 66.7 Å². The number of rotatable bonds is 17. The number of methoxy groups -OCH3 is 1. The quantitative estimate of drug-likeness (QED) is 0.105. The first-order valence-electron chi connectivity index (χ1n) is 13.1. The Balaban J connectivity index is 5.45. The molecular weight excluding hydrogens is 534 g/mol. The van der Waals surface area contributed by atoms with Gasteiger partial charge in [-0.05, 0) is 48.2 Å². The molecule has 0 bridgehead atoms. The van der Waals surface area contributed by atoms with Crippen LogP contribution in [-0.4, -0.2) is 69.1 Å². The van der Waals surface area contributed by atoms with Gasteiger partial charge in [-0.15, -0.1) is 0 Å². The highest BCUT2D eigenvalue weighted by Crippen LogP contribution is 2.20. The Labute approximate surface area is 242 Å². The Morgan fingerprint density at radius 3 is 1.88 bits per heavy atom. The summed E-state index contributed by atoms with van der Waals surface area (Å²) in [5.74, 6) is -3.31. The summed E-state index contributed by atoms with van der Waals surface area (Å²) in [4.78, 5) is 63.2. The van der Waals surface area contributed by atoms with Crippen molar-refractivity contribution >= 4 is 29.8 Å². The maximum atomic E-state index is 12.7. The topological polar surface area (TPSA) is 135 Å². The zero-order valence-electron chi connectivity index (χ0n) is 25.5. The molecule has 0 N–H and O–H groups in total. The van der Waals surface area contributed by atoms with Gasteiger partial charge in [-0.25, -0.2) is 24.0 Å². The first-order valence-corrected chi connectivity index (χ1v) is 13.1. The minimum Gasteiger partial charge on any atom is -0.466 e. The molecular formula is C30H43NO10. The van der Waals surface area contributed by atoms with Crippen molar-refractivity contribution in [3.05, 3.63) is 58.8 Å². The van der Waals surface area contributed by atoms with Gasteiger partial charge in [0.2, 0.25) is 0 Å². The van der Waals surface area contributed by atoms with E-state index in [0.717, 1.165) is 12.5 Å². The number of hydrogen-bond acceptors (Lipinski definition) is 11. The molecule has 0 saturated heterocycles. The molecule has 0 aromatic carbocycles. The molecule has 0 atom stereocenters. The van der Waals surface area contributed by atoms with E-state index >= 15 is 0 Å². The smallest absolute Gasteiger partial charge is 0.342 e. The minimum atomic E-state index is -0.795. The van der Waals surface area contributed by atoms with Crippen LogP contribution in [0.2, 0.25) is 0 Å². The van der Waals surface area contributed by atoms with Crippen molar-refractivity contribution in [3.63, 3.8) is 0 Å². The lowest BCUT2D eigenvalue weighted by Gasteiger charge is -2.15. The predicted octanol–water partition coefficient (Wildman–Crippen LogP) is 4.45. The second kappa shape index (κ2) is 19.1. The van der Waals surface area contributed by atoms with Gasteiger partial charge in [-0.3, -0.25) is 0 Å². The third-order valence-electron chi connectivity index (χ3n) is 5.79. The zero-order valence-corrected chi connectivity index (χ0v) is 25.5. The van der Waals surface area contributed by atoms with E-state index in [2.05, 4.69) is 17.9 Å². The third kappa shape index (κ3) is 13.8. The summed E-state index contributed by atoms with van der Waals surface area (Å²) in [7, 11) is 4.89. The number of esters is 5. The largest absolute Gasteiger partial charge is 0.466 e. The molecule has 0 heterocycles. The second-order valence-corrected chi connectivity index (χ2v) is 9.32. The van der Waals surface area contributed by atoms with Crippen molar-refractivity contribution in [1.29, 1.82) is 0 Å². The molecule has 0 aliphatic carbocycles. The van der Waals surface area contributed by atoms with Gasteiger partial charge in [-0.1, -0.05) is 26.5 Å². The molecule has 0 fully saturated rings. The fourth-order valence-electron chi connectivity index (χ4n) is 2.93. The van der Waals surface area contributed by atoms with Crippen LogP contribution < -0.4 is 0 Å². The third-order valence-corrected chi connectivity index (χ3v) is 5.79. The summed E-state index contributed by atoms with van der Waals surface area (Å²) in [5.41, 5.74) is 0.305. The van der Waals surface area contributed by atoms with Gasteiger partial charge >= 0.3 is 29.8 Å². The number of unbranched alkanes of at least 4 members (excludes halogenated alkanes) is 1. The van der Waals surface area contributed by atoms with Crippen LogP contribution in [0, 0.1) is 0 Å². The second-order valence-electron chi connectivity index (χ2n) is 9.32. The van der Waals surface area contributed by atoms with Crippen molar-refractivity contribution in [2.24, 2.45) is 0 Å². The first kappa shape index (κ1) is 37.0. The van der Waals surface area contributed by atoms with E-state index in [1.165, 1.54) is 34.8 Å². The number of carbonyl (C=O) groups excluding carboxylic acids is 5. The van der Waals surface area contributed by atoms with E-state index in [9.17, 15) is 24.0 Å². The average molecular weight is 578 g/mol. The normalized spacial score (nSPS) is 12.7. The van der Waals surface area contributed by atoms with Crippen LogP contribution in [0.4, 0.5) is 0 Å². The SMILES string of the molecule is C=CC(=O)OC(CCN(C)C)=C(C)C(=O)OCCC(=C)C(=O)OC(CCCC)=C(C)C(=O)OC(C)=C(C)C(=O)OC. The van der Waals surface area contributed by atoms with Gasteiger partial charge in [0.25, 0.3) is 0 Å². The Morgan fingerprint density at radius 1 is 0.756 bits per heavy atom. The highest BCUT2D eigenvalue weighted by Gasteiger charge is 2.21. The zero-order chi connectivity index (χ0) is 31.7. The summed E-state index contributed by atoms with van der Waals surface area (Å²) in [5, 5.41) is 0. The maximum absolute atomic E-state index is 12.7. The van der Waals surface area contributed by atoms with Crippen LogP contribution in [0.5, 0.6) is 0 Å². The lowest BCUT2D eigenvalue weighted by atomic mass is 10.1. The highest BCUT2D eigenvalue weighted by molar-refractivity contribution is 5.93. The fourth-order valence-corrected chi connectivity index (χ4v) is 2.93. The standard InChI is InChI=1S/C30H43NO10/c1-11-13-14-24(22(6)30(36)39-23(7)20(4)28(34)37-10)41-27(33)19(3)16-18-38-29(35)21(5)25(15-17-31(8)9)40-26(32)12-2/h12H,2-3,11,13-18H2,1,4-10H3. The van der Waals surface area contributed by atoms with Crippen LogP contribution in [0.1, 0.15) is 66.7 Å². The average Bonchev–Trinajstić information content (AvgIpc) is 2.94. The molecule has 228 valence electrons. The summed E-state index contributed by atoms with van der Waals surface area (Å²) < 4.78 is 25.8. The lowest BCUT2D eigenvalue weighted by Crippen LogP contribution is -2.18. The number of carbonyl (C=O) groups is 5. The van der Waals surface area contributed by atoms with Crippen LogP contribution in [0.25, 0.3) is 0 Å². The van der Waals surface area contributed by atoms with Crippen LogP contribution in [0.3, 0.4) is 0 Å². The molecule has 0 aromatic heterocycles. The molecule has 0 amide bonds. The van der Waals surface area contributed by atoms with E-state index in [0.29, 0.717) is 19.4 Å². The number of hydrogen-bond donors (Lipinski definition) is 0. The Kier molecular flexibility index (Phi) is 17.3. The Morgan fingerprint density at radius 2 is 1.34 bits per heavy atom. The molecule has 0 aliphatic heterocycles. The van der Waals surface area contributed by atoms with Gasteiger partial charge in [-0.2, -0.15) is 0 Å². The molecule has 0 saturated carbocycles. The van der Waals surface area contributed by atoms with Gasteiger partial charge in [0.05, 0.1) is 30.4 Å². The van der Waals surface area contributed by atoms with Gasteiger partial charge in [0, 0.05) is 37.5 Å². The van der Waals surface area contributed by atoms with Crippen molar-refractivity contribution in [3.8, 4) is 0 Å². The van der Waals surface area contributed by atoms with E-state index in [1.807, 2.05) is 25.9 Å². The molecule has 11 heteroatoms. The van der Waals surface area contributed by atoms with Crippen LogP contribution >= 0.6 is 0 Å². The van der Waals surface area contributed by atoms with Crippen LogP contribution in [0.15, 0.2) is 58.8 Å². The van der Waals surface area contributed by atoms with E-state index < -0.39 is 29.8 Å². The van der Waals surface area contributed by atoms with Gasteiger partial charge < -0.3 is 28.6 Å². The van der Waals surface area contributed by atoms with E-state index in [1.54, 1.807) is 0 Å². The molecule has 11 nitrogen and oxygen atoms in total. The van der Waals surface area contributed by atoms with Gasteiger partial charge in [0.1, 0.15) is 17.3 Å². The minimum absolute atomic E-state index is 0.0122. The first-order chi connectivity index (χ1) is 19.2. The number of allylic oxidation sites excluding steroid dienone is 2. The molecule has 41 heavy (non-hydrogen) atoms. The lowest BCUT2D eigenvalue weighted by molar-refractivity contribution is -0.142. The molecule has 0 rings (SSSR count). The summed E-state index contributed by atoms with van der Waals surface area (Å²) in [6.45, 7) is 15.2. The van der Waals surface area contributed by atoms with Crippen molar-refractivity contribution in [1.82, 2.24) is 4.90 Å². The highest BCUT2D eigenvalue weighted by atomic mass is 16.6. The summed E-state index contributed by atoms with van der Waals surface area (Å²) in [6.07, 6.45) is 2.93. The molecule has 0 unspecified atom stereocenters. The van der Waals surface area contributed by atoms with Crippen LogP contribution in [-0.2, 0) is 47.7 Å². The maximum Gasteiger partial charge on any atom is 0.342 e. The van der Waals surface area contributed by atoms with Gasteiger partial charge in [0.15, 0.2) is 0 Å². The molecule has 0 aromatic rings. The molecule has 0 radical (unpaired) electrons. The predicted molar refractivity (Wildman–Crippen MR) is 152 cm³/mol. The Hall–Kier alpha value is -3.99. The van der Waals surface area contributed by atoms with Crippen molar-refractivity contribution < 1.29 is 47.7 Å². The number of ether oxygens (including phenoxy) is 5. The monoisotopic (exact) mass is 577 g/mol. The molecule has 0 aliphatic rings. The van der Waals surface area contributed by atoms with E-state index in [-0.39, 0.29) is 59.0 Å². The molecule has 0 spiro atoms. The summed E-state index contributed by atoms with van der Waals surface area (Å²) in [6, 6.07) is 0.